The van der Waals surface area contributed by atoms with Crippen LogP contribution in [0.5, 0.6) is 5.75 Å². The van der Waals surface area contributed by atoms with Crippen LogP contribution in [0.25, 0.3) is 0 Å². The molecule has 0 spiro atoms. The summed E-state index contributed by atoms with van der Waals surface area (Å²) in [7, 11) is 0. The Balaban J connectivity index is 1.69. The van der Waals surface area contributed by atoms with Gasteiger partial charge in [0, 0.05) is 6.61 Å². The molecule has 0 N–H and O–H groups in total. The molecule has 11 nitrogen and oxygen atoms in total. The Morgan fingerprint density at radius 1 is 0.322 bits per heavy atom. The van der Waals surface area contributed by atoms with Crippen LogP contribution in [-0.2, 0) is 47.4 Å². The number of rotatable bonds is 45. The van der Waals surface area contributed by atoms with Crippen molar-refractivity contribution in [3.05, 3.63) is 29.1 Å². The standard InChI is InChI=1S/C43H73F5O11/c1-2-3-4-5-6-7-8-9-10-11-12-13-14-15-16-17-19-50-21-23-52-25-27-54-29-31-56-33-35-58-36-34-57-32-30-55-28-26-53-24-22-51-20-18-37(49)59-43-41(47)39(45)38(44)40(46)42(43)48/h2-36H2,1H3. The first-order chi connectivity index (χ1) is 28.9. The van der Waals surface area contributed by atoms with E-state index in [1.165, 1.54) is 96.3 Å². The van der Waals surface area contributed by atoms with Gasteiger partial charge in [0.2, 0.25) is 34.8 Å². The molecule has 16 heteroatoms. The van der Waals surface area contributed by atoms with E-state index in [-0.39, 0.29) is 26.4 Å². The lowest BCUT2D eigenvalue weighted by Gasteiger charge is -2.09. The van der Waals surface area contributed by atoms with E-state index in [4.69, 9.17) is 42.6 Å². The number of esters is 1. The van der Waals surface area contributed by atoms with Crippen molar-refractivity contribution in [1.29, 1.82) is 0 Å². The third kappa shape index (κ3) is 32.4. The quantitative estimate of drug-likeness (QED) is 0.0157. The second-order valence-corrected chi connectivity index (χ2v) is 13.9. The third-order valence-electron chi connectivity index (χ3n) is 8.95. The average molecular weight is 861 g/mol. The predicted molar refractivity (Wildman–Crippen MR) is 213 cm³/mol. The fourth-order valence-electron chi connectivity index (χ4n) is 5.61. The molecule has 0 heterocycles. The Morgan fingerprint density at radius 2 is 0.559 bits per heavy atom. The second-order valence-electron chi connectivity index (χ2n) is 13.9. The molecule has 0 atom stereocenters. The molecular formula is C43H73F5O11. The van der Waals surface area contributed by atoms with E-state index in [0.717, 1.165) is 13.0 Å². The molecule has 0 radical (unpaired) electrons. The SMILES string of the molecule is CCCCCCCCCCCCCCCCCCOCCOCCOCCOCCOCCOCCOCCOCCOCCC(=O)Oc1c(F)c(F)c(F)c(F)c1F. The molecular weight excluding hydrogens is 787 g/mol. The molecule has 1 aromatic rings. The lowest BCUT2D eigenvalue weighted by Crippen LogP contribution is -2.16. The summed E-state index contributed by atoms with van der Waals surface area (Å²) in [5, 5.41) is 0. The number of ether oxygens (including phenoxy) is 10. The van der Waals surface area contributed by atoms with Crippen molar-refractivity contribution in [1.82, 2.24) is 0 Å². The molecule has 0 saturated carbocycles. The van der Waals surface area contributed by atoms with Crippen LogP contribution in [-0.4, -0.2) is 125 Å². The summed E-state index contributed by atoms with van der Waals surface area (Å²) in [4.78, 5) is 11.7. The number of benzene rings is 1. The van der Waals surface area contributed by atoms with Gasteiger partial charge < -0.3 is 47.4 Å². The first-order valence-electron chi connectivity index (χ1n) is 21.8. The highest BCUT2D eigenvalue weighted by Crippen LogP contribution is 2.29. The first kappa shape index (κ1) is 55.0. The van der Waals surface area contributed by atoms with Gasteiger partial charge in [0.1, 0.15) is 0 Å². The summed E-state index contributed by atoms with van der Waals surface area (Å²) in [5.74, 6) is -14.1. The summed E-state index contributed by atoms with van der Waals surface area (Å²) in [6, 6.07) is 0. The van der Waals surface area contributed by atoms with Crippen LogP contribution < -0.4 is 4.74 Å². The van der Waals surface area contributed by atoms with Crippen LogP contribution in [0.1, 0.15) is 116 Å². The van der Waals surface area contributed by atoms with Gasteiger partial charge in [-0.2, -0.15) is 8.78 Å². The van der Waals surface area contributed by atoms with Crippen LogP contribution in [0.3, 0.4) is 0 Å². The van der Waals surface area contributed by atoms with Crippen LogP contribution in [0.4, 0.5) is 22.0 Å². The van der Waals surface area contributed by atoms with Gasteiger partial charge in [-0.25, -0.2) is 13.2 Å². The van der Waals surface area contributed by atoms with Crippen LogP contribution in [0.15, 0.2) is 0 Å². The fourth-order valence-corrected chi connectivity index (χ4v) is 5.61. The molecule has 0 aliphatic heterocycles. The smallest absolute Gasteiger partial charge is 0.313 e. The molecule has 0 unspecified atom stereocenters. The zero-order valence-corrected chi connectivity index (χ0v) is 35.6. The van der Waals surface area contributed by atoms with Crippen molar-refractivity contribution in [2.75, 3.05) is 119 Å². The number of carbonyl (C=O) groups is 1. The predicted octanol–water partition coefficient (Wildman–Crippen LogP) is 9.09. The largest absolute Gasteiger partial charge is 0.420 e. The van der Waals surface area contributed by atoms with Crippen molar-refractivity contribution in [3.8, 4) is 5.75 Å². The minimum Gasteiger partial charge on any atom is -0.420 e. The summed E-state index contributed by atoms with van der Waals surface area (Å²) < 4.78 is 120. The van der Waals surface area contributed by atoms with E-state index in [2.05, 4.69) is 11.7 Å². The lowest BCUT2D eigenvalue weighted by atomic mass is 10.0. The van der Waals surface area contributed by atoms with Crippen molar-refractivity contribution in [2.24, 2.45) is 0 Å². The van der Waals surface area contributed by atoms with Crippen molar-refractivity contribution >= 4 is 5.97 Å². The molecule has 59 heavy (non-hydrogen) atoms. The second kappa shape index (κ2) is 41.3. The Labute approximate surface area is 349 Å². The number of carbonyl (C=O) groups excluding carboxylic acids is 1. The zero-order chi connectivity index (χ0) is 42.9. The number of halogens is 5. The van der Waals surface area contributed by atoms with Gasteiger partial charge in [-0.15, -0.1) is 0 Å². The van der Waals surface area contributed by atoms with Gasteiger partial charge in [-0.05, 0) is 6.42 Å². The van der Waals surface area contributed by atoms with E-state index in [0.29, 0.717) is 85.9 Å². The highest BCUT2D eigenvalue weighted by molar-refractivity contribution is 5.72. The van der Waals surface area contributed by atoms with Gasteiger partial charge in [0.25, 0.3) is 0 Å². The van der Waals surface area contributed by atoms with Crippen molar-refractivity contribution in [3.63, 3.8) is 0 Å². The van der Waals surface area contributed by atoms with Crippen LogP contribution >= 0.6 is 0 Å². The molecule has 0 amide bonds. The fraction of sp³-hybridized carbons (Fsp3) is 0.837. The lowest BCUT2D eigenvalue weighted by molar-refractivity contribution is -0.136. The molecule has 1 aromatic carbocycles. The Kier molecular flexibility index (Phi) is 38.5. The normalized spacial score (nSPS) is 11.6. The van der Waals surface area contributed by atoms with Gasteiger partial charge in [-0.3, -0.25) is 4.79 Å². The van der Waals surface area contributed by atoms with Gasteiger partial charge in [0.05, 0.1) is 119 Å². The number of hydrogen-bond donors (Lipinski definition) is 0. The number of hydrogen-bond acceptors (Lipinski definition) is 11. The molecule has 0 aromatic heterocycles. The van der Waals surface area contributed by atoms with E-state index in [1.807, 2.05) is 0 Å². The summed E-state index contributed by atoms with van der Waals surface area (Å²) >= 11 is 0. The van der Waals surface area contributed by atoms with Crippen LogP contribution in [0, 0.1) is 29.1 Å². The summed E-state index contributed by atoms with van der Waals surface area (Å²) in [5.41, 5.74) is 0. The highest BCUT2D eigenvalue weighted by atomic mass is 19.2. The Morgan fingerprint density at radius 3 is 0.864 bits per heavy atom. The van der Waals surface area contributed by atoms with E-state index in [1.54, 1.807) is 0 Å². The maximum atomic E-state index is 13.6. The van der Waals surface area contributed by atoms with E-state index < -0.39 is 47.2 Å². The molecule has 346 valence electrons. The Hall–Kier alpha value is -2.02. The van der Waals surface area contributed by atoms with Gasteiger partial charge >= 0.3 is 5.97 Å². The van der Waals surface area contributed by atoms with Crippen LogP contribution in [0.2, 0.25) is 0 Å². The monoisotopic (exact) mass is 861 g/mol. The average Bonchev–Trinajstić information content (AvgIpc) is 3.24. The van der Waals surface area contributed by atoms with Crippen molar-refractivity contribution < 1.29 is 74.1 Å². The van der Waals surface area contributed by atoms with E-state index >= 15 is 0 Å². The molecule has 0 saturated heterocycles. The van der Waals surface area contributed by atoms with Gasteiger partial charge in [0.15, 0.2) is 0 Å². The topological polar surface area (TPSA) is 109 Å². The Bertz CT molecular complexity index is 1090. The van der Waals surface area contributed by atoms with E-state index in [9.17, 15) is 26.7 Å². The molecule has 0 fully saturated rings. The first-order valence-corrected chi connectivity index (χ1v) is 21.8. The minimum atomic E-state index is -2.34. The molecule has 0 aliphatic rings. The molecule has 0 bridgehead atoms. The zero-order valence-electron chi connectivity index (χ0n) is 35.6. The van der Waals surface area contributed by atoms with Crippen molar-refractivity contribution in [2.45, 2.75) is 116 Å². The number of unbranched alkanes of at least 4 members (excludes halogenated alkanes) is 15. The van der Waals surface area contributed by atoms with Gasteiger partial charge in [-0.1, -0.05) is 103 Å². The minimum absolute atomic E-state index is 0.0867. The third-order valence-corrected chi connectivity index (χ3v) is 8.95. The summed E-state index contributed by atoms with van der Waals surface area (Å²) in [6.45, 7) is 9.43. The maximum absolute atomic E-state index is 13.6. The summed E-state index contributed by atoms with van der Waals surface area (Å²) in [6.07, 6.45) is 21.4. The molecule has 1 rings (SSSR count). The molecule has 0 aliphatic carbocycles. The highest BCUT2D eigenvalue weighted by Gasteiger charge is 2.28. The maximum Gasteiger partial charge on any atom is 0.313 e.